The van der Waals surface area contributed by atoms with Gasteiger partial charge >= 0.3 is 5.97 Å². The van der Waals surface area contributed by atoms with E-state index in [-0.39, 0.29) is 11.9 Å². The predicted octanol–water partition coefficient (Wildman–Crippen LogP) is 4.13. The molecular weight excluding hydrogens is 252 g/mol. The molecule has 0 bridgehead atoms. The molecule has 0 saturated heterocycles. The van der Waals surface area contributed by atoms with E-state index in [0.717, 1.165) is 12.0 Å². The Morgan fingerprint density at radius 2 is 1.80 bits per heavy atom. The van der Waals surface area contributed by atoms with Crippen molar-refractivity contribution in [3.8, 4) is 0 Å². The van der Waals surface area contributed by atoms with E-state index in [4.69, 9.17) is 9.47 Å². The lowest BCUT2D eigenvalue weighted by molar-refractivity contribution is -0.192. The summed E-state index contributed by atoms with van der Waals surface area (Å²) in [6, 6.07) is 9.97. The summed E-state index contributed by atoms with van der Waals surface area (Å²) in [5.74, 6) is -0.200. The summed E-state index contributed by atoms with van der Waals surface area (Å²) >= 11 is 0. The number of carbonyl (C=O) groups is 1. The first-order valence-corrected chi connectivity index (χ1v) is 7.30. The fourth-order valence-electron chi connectivity index (χ4n) is 1.77. The van der Waals surface area contributed by atoms with E-state index in [1.54, 1.807) is 0 Å². The highest BCUT2D eigenvalue weighted by Gasteiger charge is 2.32. The Morgan fingerprint density at radius 1 is 1.20 bits per heavy atom. The van der Waals surface area contributed by atoms with Gasteiger partial charge in [-0.3, -0.25) is 4.79 Å². The third kappa shape index (κ3) is 4.34. The fraction of sp³-hybridized carbons (Fsp3) is 0.588. The number of carbonyl (C=O) groups excluding carboxylic acids is 1. The van der Waals surface area contributed by atoms with Crippen LogP contribution < -0.4 is 0 Å². The molecule has 0 N–H and O–H groups in total. The van der Waals surface area contributed by atoms with Crippen LogP contribution in [0.5, 0.6) is 0 Å². The molecule has 0 heterocycles. The first-order valence-electron chi connectivity index (χ1n) is 7.30. The summed E-state index contributed by atoms with van der Waals surface area (Å²) < 4.78 is 11.2. The predicted molar refractivity (Wildman–Crippen MR) is 80.4 cm³/mol. The Hall–Kier alpha value is -1.35. The highest BCUT2D eigenvalue weighted by molar-refractivity contribution is 5.75. The zero-order valence-electron chi connectivity index (χ0n) is 13.2. The smallest absolute Gasteiger partial charge is 0.313 e. The maximum absolute atomic E-state index is 12.2. The van der Waals surface area contributed by atoms with Gasteiger partial charge in [-0.1, -0.05) is 44.2 Å². The van der Waals surface area contributed by atoms with E-state index in [1.165, 1.54) is 0 Å². The molecule has 0 aliphatic rings. The minimum absolute atomic E-state index is 0.00718. The van der Waals surface area contributed by atoms with Gasteiger partial charge < -0.3 is 9.47 Å². The maximum atomic E-state index is 12.2. The molecule has 3 heteroatoms. The highest BCUT2D eigenvalue weighted by atomic mass is 16.7. The molecule has 1 aromatic rings. The number of esters is 1. The van der Waals surface area contributed by atoms with Crippen molar-refractivity contribution in [3.05, 3.63) is 35.9 Å². The maximum Gasteiger partial charge on any atom is 0.313 e. The van der Waals surface area contributed by atoms with Crippen molar-refractivity contribution in [2.24, 2.45) is 5.41 Å². The molecule has 1 rings (SSSR count). The zero-order valence-corrected chi connectivity index (χ0v) is 13.2. The average Bonchev–Trinajstić information content (AvgIpc) is 2.46. The Morgan fingerprint density at radius 3 is 2.30 bits per heavy atom. The van der Waals surface area contributed by atoms with Gasteiger partial charge in [0, 0.05) is 12.5 Å². The second-order valence-corrected chi connectivity index (χ2v) is 5.67. The molecule has 0 fully saturated rings. The van der Waals surface area contributed by atoms with Crippen LogP contribution in [0.4, 0.5) is 0 Å². The van der Waals surface area contributed by atoms with Gasteiger partial charge in [0.2, 0.25) is 6.29 Å². The molecule has 20 heavy (non-hydrogen) atoms. The van der Waals surface area contributed by atoms with Crippen molar-refractivity contribution >= 4 is 5.97 Å². The Kier molecular flexibility index (Phi) is 6.21. The number of rotatable bonds is 7. The first kappa shape index (κ1) is 16.7. The molecule has 2 unspecified atom stereocenters. The third-order valence-corrected chi connectivity index (χ3v) is 3.72. The molecule has 0 aliphatic carbocycles. The monoisotopic (exact) mass is 278 g/mol. The van der Waals surface area contributed by atoms with Gasteiger partial charge in [0.25, 0.3) is 0 Å². The summed E-state index contributed by atoms with van der Waals surface area (Å²) in [6.07, 6.45) is 0.199. The van der Waals surface area contributed by atoms with Crippen molar-refractivity contribution in [1.82, 2.24) is 0 Å². The summed E-state index contributed by atoms with van der Waals surface area (Å²) in [5, 5.41) is 0. The second-order valence-electron chi connectivity index (χ2n) is 5.67. The van der Waals surface area contributed by atoms with Crippen molar-refractivity contribution in [3.63, 3.8) is 0 Å². The van der Waals surface area contributed by atoms with E-state index in [0.29, 0.717) is 6.61 Å². The summed E-state index contributed by atoms with van der Waals surface area (Å²) in [4.78, 5) is 12.2. The molecule has 3 nitrogen and oxygen atoms in total. The molecule has 0 radical (unpaired) electrons. The standard InChI is InChI=1S/C17H26O3/c1-6-17(4,5)16(18)20-15(19-7-2)13(3)14-11-9-8-10-12-14/h8-13,15H,6-7H2,1-5H3. The van der Waals surface area contributed by atoms with E-state index in [2.05, 4.69) is 0 Å². The van der Waals surface area contributed by atoms with Gasteiger partial charge in [0.15, 0.2) is 0 Å². The summed E-state index contributed by atoms with van der Waals surface area (Å²) in [7, 11) is 0. The largest absolute Gasteiger partial charge is 0.435 e. The molecule has 1 aromatic carbocycles. The lowest BCUT2D eigenvalue weighted by atomic mass is 9.90. The highest BCUT2D eigenvalue weighted by Crippen LogP contribution is 2.27. The Labute approximate surface area is 122 Å². The SMILES string of the molecule is CCOC(OC(=O)C(C)(C)CC)C(C)c1ccccc1. The summed E-state index contributed by atoms with van der Waals surface area (Å²) in [5.41, 5.74) is 0.624. The number of benzene rings is 1. The van der Waals surface area contributed by atoms with Gasteiger partial charge in [0.05, 0.1) is 5.41 Å². The number of hydrogen-bond donors (Lipinski definition) is 0. The van der Waals surface area contributed by atoms with Crippen LogP contribution in [0.15, 0.2) is 30.3 Å². The van der Waals surface area contributed by atoms with Crippen molar-refractivity contribution in [2.75, 3.05) is 6.61 Å². The van der Waals surface area contributed by atoms with Gasteiger partial charge in [-0.05, 0) is 32.8 Å². The molecule has 0 saturated carbocycles. The zero-order chi connectivity index (χ0) is 15.2. The van der Waals surface area contributed by atoms with E-state index < -0.39 is 11.7 Å². The van der Waals surface area contributed by atoms with E-state index in [1.807, 2.05) is 65.0 Å². The minimum atomic E-state index is -0.541. The number of hydrogen-bond acceptors (Lipinski definition) is 3. The molecule has 0 spiro atoms. The second kappa shape index (κ2) is 7.44. The van der Waals surface area contributed by atoms with Crippen LogP contribution in [0, 0.1) is 5.41 Å². The number of ether oxygens (including phenoxy) is 2. The fourth-order valence-corrected chi connectivity index (χ4v) is 1.77. The lowest BCUT2D eigenvalue weighted by Gasteiger charge is -2.28. The average molecular weight is 278 g/mol. The van der Waals surface area contributed by atoms with Crippen LogP contribution in [-0.2, 0) is 14.3 Å². The van der Waals surface area contributed by atoms with Crippen molar-refractivity contribution in [1.29, 1.82) is 0 Å². The van der Waals surface area contributed by atoms with Crippen LogP contribution in [-0.4, -0.2) is 18.9 Å². The normalized spacial score (nSPS) is 14.7. The van der Waals surface area contributed by atoms with Gasteiger partial charge in [-0.25, -0.2) is 0 Å². The molecule has 0 aromatic heterocycles. The van der Waals surface area contributed by atoms with Crippen LogP contribution in [0.1, 0.15) is 52.5 Å². The lowest BCUT2D eigenvalue weighted by Crippen LogP contribution is -2.34. The Bertz CT molecular complexity index is 412. The van der Waals surface area contributed by atoms with Crippen LogP contribution in [0.2, 0.25) is 0 Å². The molecular formula is C17H26O3. The van der Waals surface area contributed by atoms with E-state index in [9.17, 15) is 4.79 Å². The third-order valence-electron chi connectivity index (χ3n) is 3.72. The Balaban J connectivity index is 2.82. The molecule has 2 atom stereocenters. The van der Waals surface area contributed by atoms with Gasteiger partial charge in [-0.15, -0.1) is 0 Å². The first-order chi connectivity index (χ1) is 9.42. The van der Waals surface area contributed by atoms with E-state index >= 15 is 0 Å². The molecule has 0 amide bonds. The van der Waals surface area contributed by atoms with Gasteiger partial charge in [-0.2, -0.15) is 0 Å². The molecule has 0 aliphatic heterocycles. The van der Waals surface area contributed by atoms with Crippen LogP contribution in [0.3, 0.4) is 0 Å². The summed E-state index contributed by atoms with van der Waals surface area (Å²) in [6.45, 7) is 10.2. The van der Waals surface area contributed by atoms with Crippen molar-refractivity contribution < 1.29 is 14.3 Å². The quantitative estimate of drug-likeness (QED) is 0.555. The van der Waals surface area contributed by atoms with Crippen molar-refractivity contribution in [2.45, 2.75) is 53.2 Å². The van der Waals surface area contributed by atoms with Crippen LogP contribution >= 0.6 is 0 Å². The van der Waals surface area contributed by atoms with Crippen LogP contribution in [0.25, 0.3) is 0 Å². The molecule has 112 valence electrons. The van der Waals surface area contributed by atoms with Gasteiger partial charge in [0.1, 0.15) is 0 Å². The minimum Gasteiger partial charge on any atom is -0.435 e. The topological polar surface area (TPSA) is 35.5 Å².